The molecule has 2 aliphatic rings. The van der Waals surface area contributed by atoms with E-state index >= 15 is 0 Å². The Morgan fingerprint density at radius 2 is 2.00 bits per heavy atom. The van der Waals surface area contributed by atoms with Crippen LogP contribution in [0.5, 0.6) is 0 Å². The first-order valence-corrected chi connectivity index (χ1v) is 7.41. The van der Waals surface area contributed by atoms with Gasteiger partial charge in [-0.2, -0.15) is 0 Å². The molecule has 0 aliphatic carbocycles. The Morgan fingerprint density at radius 1 is 1.26 bits per heavy atom. The SMILES string of the molecule is CCNC1COCC1C(=O)NC(C)C1CCOCC1. The van der Waals surface area contributed by atoms with Gasteiger partial charge in [-0.15, -0.1) is 0 Å². The van der Waals surface area contributed by atoms with Crippen LogP contribution in [0.3, 0.4) is 0 Å². The maximum atomic E-state index is 12.3. The van der Waals surface area contributed by atoms with Gasteiger partial charge >= 0.3 is 0 Å². The minimum Gasteiger partial charge on any atom is -0.381 e. The molecule has 2 fully saturated rings. The van der Waals surface area contributed by atoms with Crippen LogP contribution in [0.2, 0.25) is 0 Å². The normalized spacial score (nSPS) is 30.2. The van der Waals surface area contributed by atoms with Crippen LogP contribution in [-0.4, -0.2) is 51.0 Å². The number of amides is 1. The summed E-state index contributed by atoms with van der Waals surface area (Å²) < 4.78 is 10.8. The van der Waals surface area contributed by atoms with Crippen LogP contribution in [0.1, 0.15) is 26.7 Å². The van der Waals surface area contributed by atoms with Gasteiger partial charge in [-0.25, -0.2) is 0 Å². The highest BCUT2D eigenvalue weighted by molar-refractivity contribution is 5.80. The minimum absolute atomic E-state index is 0.0535. The van der Waals surface area contributed by atoms with Crippen molar-refractivity contribution >= 4 is 5.91 Å². The summed E-state index contributed by atoms with van der Waals surface area (Å²) in [6.07, 6.45) is 2.08. The first-order valence-electron chi connectivity index (χ1n) is 7.41. The smallest absolute Gasteiger partial charge is 0.227 e. The van der Waals surface area contributed by atoms with E-state index in [-0.39, 0.29) is 23.9 Å². The fraction of sp³-hybridized carbons (Fsp3) is 0.929. The fourth-order valence-electron chi connectivity index (χ4n) is 2.94. The van der Waals surface area contributed by atoms with Gasteiger partial charge in [-0.3, -0.25) is 4.79 Å². The molecule has 1 amide bonds. The first-order chi connectivity index (χ1) is 9.22. The van der Waals surface area contributed by atoms with Crippen molar-refractivity contribution in [2.45, 2.75) is 38.8 Å². The molecule has 2 rings (SSSR count). The monoisotopic (exact) mass is 270 g/mol. The molecule has 3 atom stereocenters. The zero-order valence-corrected chi connectivity index (χ0v) is 12.0. The van der Waals surface area contributed by atoms with E-state index in [0.29, 0.717) is 19.1 Å². The average Bonchev–Trinajstić information content (AvgIpc) is 2.88. The lowest BCUT2D eigenvalue weighted by Crippen LogP contribution is -2.48. The molecular weight excluding hydrogens is 244 g/mol. The molecule has 0 aromatic rings. The molecule has 0 spiro atoms. The lowest BCUT2D eigenvalue weighted by molar-refractivity contribution is -0.126. The highest BCUT2D eigenvalue weighted by Gasteiger charge is 2.34. The van der Waals surface area contributed by atoms with Gasteiger partial charge in [-0.1, -0.05) is 6.92 Å². The summed E-state index contributed by atoms with van der Waals surface area (Å²) in [7, 11) is 0. The van der Waals surface area contributed by atoms with Gasteiger partial charge < -0.3 is 20.1 Å². The summed E-state index contributed by atoms with van der Waals surface area (Å²) >= 11 is 0. The largest absolute Gasteiger partial charge is 0.381 e. The molecule has 2 N–H and O–H groups in total. The maximum absolute atomic E-state index is 12.3. The number of ether oxygens (including phenoxy) is 2. The van der Waals surface area contributed by atoms with Crippen molar-refractivity contribution in [2.75, 3.05) is 33.0 Å². The third-order valence-corrected chi connectivity index (χ3v) is 4.23. The van der Waals surface area contributed by atoms with Gasteiger partial charge in [0.05, 0.1) is 19.1 Å². The Morgan fingerprint density at radius 3 is 2.68 bits per heavy atom. The third-order valence-electron chi connectivity index (χ3n) is 4.23. The highest BCUT2D eigenvalue weighted by atomic mass is 16.5. The molecule has 0 bridgehead atoms. The van der Waals surface area contributed by atoms with Gasteiger partial charge in [0, 0.05) is 25.3 Å². The summed E-state index contributed by atoms with van der Waals surface area (Å²) in [6.45, 7) is 7.83. The van der Waals surface area contributed by atoms with Gasteiger partial charge in [0.2, 0.25) is 5.91 Å². The Kier molecular flexibility index (Phi) is 5.60. The number of nitrogens with one attached hydrogen (secondary N) is 2. The molecule has 2 saturated heterocycles. The molecule has 5 nitrogen and oxygen atoms in total. The zero-order chi connectivity index (χ0) is 13.7. The Bertz CT molecular complexity index is 292. The van der Waals surface area contributed by atoms with Crippen LogP contribution in [0.25, 0.3) is 0 Å². The number of carbonyl (C=O) groups excluding carboxylic acids is 1. The first kappa shape index (κ1) is 14.8. The number of hydrogen-bond donors (Lipinski definition) is 2. The van der Waals surface area contributed by atoms with Crippen molar-refractivity contribution in [1.82, 2.24) is 10.6 Å². The van der Waals surface area contributed by atoms with Gasteiger partial charge in [0.25, 0.3) is 0 Å². The van der Waals surface area contributed by atoms with E-state index in [2.05, 4.69) is 24.5 Å². The van der Waals surface area contributed by atoms with E-state index in [9.17, 15) is 4.79 Å². The second-order valence-electron chi connectivity index (χ2n) is 5.56. The standard InChI is InChI=1S/C14H26N2O3/c1-3-15-13-9-19-8-12(13)14(17)16-10(2)11-4-6-18-7-5-11/h10-13,15H,3-9H2,1-2H3,(H,16,17). The van der Waals surface area contributed by atoms with E-state index in [1.165, 1.54) is 0 Å². The fourth-order valence-corrected chi connectivity index (χ4v) is 2.94. The molecule has 0 aromatic heterocycles. The average molecular weight is 270 g/mol. The van der Waals surface area contributed by atoms with Gasteiger partial charge in [0.1, 0.15) is 0 Å². The molecule has 5 heteroatoms. The van der Waals surface area contributed by atoms with E-state index < -0.39 is 0 Å². The van der Waals surface area contributed by atoms with Gasteiger partial charge in [0.15, 0.2) is 0 Å². The summed E-state index contributed by atoms with van der Waals surface area (Å²) in [5, 5.41) is 6.49. The molecule has 3 unspecified atom stereocenters. The predicted molar refractivity (Wildman–Crippen MR) is 72.9 cm³/mol. The van der Waals surface area contributed by atoms with Crippen molar-refractivity contribution in [1.29, 1.82) is 0 Å². The molecule has 2 heterocycles. The predicted octanol–water partition coefficient (Wildman–Crippen LogP) is 0.542. The van der Waals surface area contributed by atoms with E-state index in [1.54, 1.807) is 0 Å². The van der Waals surface area contributed by atoms with Crippen LogP contribution in [0.15, 0.2) is 0 Å². The number of hydrogen-bond acceptors (Lipinski definition) is 4. The molecule has 110 valence electrons. The molecule has 2 aliphatic heterocycles. The van der Waals surface area contributed by atoms with Crippen LogP contribution in [-0.2, 0) is 14.3 Å². The number of carbonyl (C=O) groups is 1. The van der Waals surface area contributed by atoms with Crippen molar-refractivity contribution in [3.05, 3.63) is 0 Å². The van der Waals surface area contributed by atoms with Crippen LogP contribution in [0, 0.1) is 11.8 Å². The second-order valence-corrected chi connectivity index (χ2v) is 5.56. The molecule has 0 aromatic carbocycles. The van der Waals surface area contributed by atoms with Crippen LogP contribution >= 0.6 is 0 Å². The second kappa shape index (κ2) is 7.22. The summed E-state index contributed by atoms with van der Waals surface area (Å²) in [5.41, 5.74) is 0. The number of rotatable bonds is 5. The van der Waals surface area contributed by atoms with Crippen molar-refractivity contribution < 1.29 is 14.3 Å². The van der Waals surface area contributed by atoms with E-state index in [1.807, 2.05) is 0 Å². The molecule has 0 saturated carbocycles. The zero-order valence-electron chi connectivity index (χ0n) is 12.0. The van der Waals surface area contributed by atoms with Crippen molar-refractivity contribution in [3.63, 3.8) is 0 Å². The maximum Gasteiger partial charge on any atom is 0.227 e. The van der Waals surface area contributed by atoms with E-state index in [4.69, 9.17) is 9.47 Å². The Balaban J connectivity index is 1.82. The summed E-state index contributed by atoms with van der Waals surface area (Å²) in [5.74, 6) is 0.613. The molecule has 19 heavy (non-hydrogen) atoms. The van der Waals surface area contributed by atoms with E-state index in [0.717, 1.165) is 32.6 Å². The van der Waals surface area contributed by atoms with Crippen molar-refractivity contribution in [2.24, 2.45) is 11.8 Å². The minimum atomic E-state index is -0.0535. The topological polar surface area (TPSA) is 59.6 Å². The van der Waals surface area contributed by atoms with Crippen molar-refractivity contribution in [3.8, 4) is 0 Å². The highest BCUT2D eigenvalue weighted by Crippen LogP contribution is 2.20. The lowest BCUT2D eigenvalue weighted by atomic mass is 9.92. The van der Waals surface area contributed by atoms with Gasteiger partial charge in [-0.05, 0) is 32.2 Å². The summed E-state index contributed by atoms with van der Waals surface area (Å²) in [6, 6.07) is 0.381. The third kappa shape index (κ3) is 3.91. The van der Waals surface area contributed by atoms with Crippen LogP contribution in [0.4, 0.5) is 0 Å². The molecule has 0 radical (unpaired) electrons. The quantitative estimate of drug-likeness (QED) is 0.765. The van der Waals surface area contributed by atoms with Crippen LogP contribution < -0.4 is 10.6 Å². The number of likely N-dealkylation sites (N-methyl/N-ethyl adjacent to an activating group) is 1. The lowest BCUT2D eigenvalue weighted by Gasteiger charge is -2.29. The molecular formula is C14H26N2O3. The Labute approximate surface area is 115 Å². The Hall–Kier alpha value is -0.650. The summed E-state index contributed by atoms with van der Waals surface area (Å²) in [4.78, 5) is 12.3.